The van der Waals surface area contributed by atoms with E-state index in [2.05, 4.69) is 40.2 Å². The molecule has 0 amide bonds. The fraction of sp³-hybridized carbons (Fsp3) is 0.283. The highest BCUT2D eigenvalue weighted by Gasteiger charge is 2.40. The maximum atomic E-state index is 13.2. The van der Waals surface area contributed by atoms with Crippen molar-refractivity contribution in [2.75, 3.05) is 43.1 Å². The van der Waals surface area contributed by atoms with Crippen molar-refractivity contribution in [2.45, 2.75) is 50.2 Å². The summed E-state index contributed by atoms with van der Waals surface area (Å²) in [7, 11) is 1.30. The molecule has 0 bridgehead atoms. The molecular formula is C53H46F6N10O8. The standard InChI is InChI=1S/C27H24F3N5O4.C26H22F3N5O4/c1-37-24(36)13-19-14-35(26-31-11-10-22(32-26)27(28,29)30)15-21(19)18-8-5-9-20(12-18)38-16-23-33-25(34-39-23)17-6-3-2-4-7-17;27-26(28,29)21-9-10-30-25(31-21)34-13-18(12-23(35)36)20(14-34)17-7-4-8-19(11-17)37-15-22-32-24(33-38-22)16-5-2-1-3-6-16/h2-12,19,21H,13-16H2,1H3;1-11,18,20H,12-15H2,(H,35,36)/t19-,21-;18-,20-/m00/s1. The van der Waals surface area contributed by atoms with Crippen molar-refractivity contribution in [3.05, 3.63) is 168 Å². The zero-order valence-corrected chi connectivity index (χ0v) is 40.7. The lowest BCUT2D eigenvalue weighted by Crippen LogP contribution is -2.24. The number of hydrogen-bond donors (Lipinski definition) is 1. The van der Waals surface area contributed by atoms with Gasteiger partial charge < -0.3 is 38.2 Å². The van der Waals surface area contributed by atoms with E-state index in [4.69, 9.17) is 23.3 Å². The summed E-state index contributed by atoms with van der Waals surface area (Å²) in [6.07, 6.45) is -7.12. The molecule has 2 saturated heterocycles. The zero-order chi connectivity index (χ0) is 54.1. The van der Waals surface area contributed by atoms with Crippen molar-refractivity contribution in [1.82, 2.24) is 40.2 Å². The molecule has 77 heavy (non-hydrogen) atoms. The molecule has 18 nitrogen and oxygen atoms in total. The van der Waals surface area contributed by atoms with Crippen LogP contribution in [0.3, 0.4) is 0 Å². The number of anilines is 2. The molecule has 1 N–H and O–H groups in total. The molecule has 0 aliphatic carbocycles. The Kier molecular flexibility index (Phi) is 16.0. The van der Waals surface area contributed by atoms with Crippen LogP contribution in [0.4, 0.5) is 38.2 Å². The van der Waals surface area contributed by atoms with Gasteiger partial charge in [0.25, 0.3) is 11.8 Å². The number of esters is 1. The molecule has 24 heteroatoms. The molecule has 10 rings (SSSR count). The molecule has 2 fully saturated rings. The number of methoxy groups -OCH3 is 1. The first-order valence-corrected chi connectivity index (χ1v) is 23.9. The first-order chi connectivity index (χ1) is 37.1. The van der Waals surface area contributed by atoms with Crippen LogP contribution in [0.5, 0.6) is 11.5 Å². The number of halogens is 6. The molecule has 4 aromatic carbocycles. The molecule has 398 valence electrons. The van der Waals surface area contributed by atoms with Gasteiger partial charge in [-0.25, -0.2) is 19.9 Å². The largest absolute Gasteiger partial charge is 0.484 e. The number of carbonyl (C=O) groups excluding carboxylic acids is 1. The third-order valence-corrected chi connectivity index (χ3v) is 12.7. The van der Waals surface area contributed by atoms with Crippen LogP contribution in [0.2, 0.25) is 0 Å². The number of aliphatic carboxylic acids is 1. The predicted octanol–water partition coefficient (Wildman–Crippen LogP) is 9.73. The van der Waals surface area contributed by atoms with E-state index >= 15 is 0 Å². The van der Waals surface area contributed by atoms with E-state index in [9.17, 15) is 41.0 Å². The second-order valence-corrected chi connectivity index (χ2v) is 17.9. The minimum atomic E-state index is -4.61. The van der Waals surface area contributed by atoms with Gasteiger partial charge in [0, 0.05) is 61.5 Å². The topological polar surface area (TPSA) is 218 Å². The van der Waals surface area contributed by atoms with E-state index in [1.807, 2.05) is 84.9 Å². The first kappa shape index (κ1) is 52.9. The van der Waals surface area contributed by atoms with Gasteiger partial charge in [-0.2, -0.15) is 36.3 Å². The summed E-state index contributed by atoms with van der Waals surface area (Å²) < 4.78 is 106. The molecule has 4 atom stereocenters. The Labute approximate surface area is 434 Å². The third kappa shape index (κ3) is 13.5. The zero-order valence-electron chi connectivity index (χ0n) is 40.7. The van der Waals surface area contributed by atoms with Crippen LogP contribution in [-0.2, 0) is 39.9 Å². The minimum absolute atomic E-state index is 0.0245. The van der Waals surface area contributed by atoms with Crippen molar-refractivity contribution in [3.8, 4) is 34.3 Å². The van der Waals surface area contributed by atoms with Gasteiger partial charge in [0.15, 0.2) is 13.2 Å². The summed E-state index contributed by atoms with van der Waals surface area (Å²) in [4.78, 5) is 51.1. The maximum Gasteiger partial charge on any atom is 0.433 e. The van der Waals surface area contributed by atoms with Crippen molar-refractivity contribution in [3.63, 3.8) is 0 Å². The Hall–Kier alpha value is -8.96. The number of carboxylic acids is 1. The predicted molar refractivity (Wildman–Crippen MR) is 261 cm³/mol. The molecule has 6 heterocycles. The second-order valence-electron chi connectivity index (χ2n) is 17.9. The molecule has 0 spiro atoms. The lowest BCUT2D eigenvalue weighted by atomic mass is 9.87. The second kappa shape index (κ2) is 23.3. The van der Waals surface area contributed by atoms with Crippen molar-refractivity contribution >= 4 is 23.8 Å². The van der Waals surface area contributed by atoms with Crippen LogP contribution in [0.25, 0.3) is 22.8 Å². The first-order valence-electron chi connectivity index (χ1n) is 23.9. The van der Waals surface area contributed by atoms with E-state index in [0.29, 0.717) is 35.6 Å². The fourth-order valence-electron chi connectivity index (χ4n) is 9.07. The Bertz CT molecular complexity index is 3270. The molecule has 2 aliphatic rings. The number of aromatic nitrogens is 8. The SMILES string of the molecule is COC(=O)C[C@H]1CN(c2nccc(C(F)(F)F)n2)C[C@H]1c1cccc(OCc2nc(-c3ccccc3)no2)c1.O=C(O)C[C@H]1CN(c2nccc(C(F)(F)F)n2)C[C@H]1c1cccc(OCc2nc(-c3ccccc3)no2)c1. The maximum absolute atomic E-state index is 13.2. The highest BCUT2D eigenvalue weighted by atomic mass is 19.4. The highest BCUT2D eigenvalue weighted by molar-refractivity contribution is 5.70. The summed E-state index contributed by atoms with van der Waals surface area (Å²) in [5.41, 5.74) is 1.20. The number of carbonyl (C=O) groups is 2. The van der Waals surface area contributed by atoms with E-state index in [0.717, 1.165) is 46.8 Å². The van der Waals surface area contributed by atoms with Gasteiger partial charge in [-0.1, -0.05) is 95.2 Å². The average molecular weight is 1070 g/mol. The van der Waals surface area contributed by atoms with Crippen LogP contribution < -0.4 is 19.3 Å². The number of rotatable bonds is 16. The minimum Gasteiger partial charge on any atom is -0.484 e. The molecule has 8 aromatic rings. The van der Waals surface area contributed by atoms with E-state index in [1.54, 1.807) is 34.1 Å². The summed E-state index contributed by atoms with van der Waals surface area (Å²) in [5.74, 6) is -0.115. The van der Waals surface area contributed by atoms with Crippen LogP contribution in [-0.4, -0.2) is 90.6 Å². The Morgan fingerprint density at radius 2 is 1.03 bits per heavy atom. The molecular weight excluding hydrogens is 1020 g/mol. The normalized spacial score (nSPS) is 17.4. The lowest BCUT2D eigenvalue weighted by molar-refractivity contribution is -0.142. The number of benzene rings is 4. The smallest absolute Gasteiger partial charge is 0.433 e. The number of nitrogens with zero attached hydrogens (tertiary/aromatic N) is 10. The number of hydrogen-bond acceptors (Lipinski definition) is 17. The lowest BCUT2D eigenvalue weighted by Gasteiger charge is -2.18. The Morgan fingerprint density at radius 1 is 0.584 bits per heavy atom. The van der Waals surface area contributed by atoms with Gasteiger partial charge in [0.2, 0.25) is 23.5 Å². The number of alkyl halides is 6. The van der Waals surface area contributed by atoms with E-state index in [1.165, 1.54) is 7.11 Å². The highest BCUT2D eigenvalue weighted by Crippen LogP contribution is 2.40. The van der Waals surface area contributed by atoms with Gasteiger partial charge in [-0.3, -0.25) is 9.59 Å². The van der Waals surface area contributed by atoms with Gasteiger partial charge in [-0.15, -0.1) is 0 Å². The van der Waals surface area contributed by atoms with Crippen molar-refractivity contribution < 1.29 is 64.3 Å². The Morgan fingerprint density at radius 3 is 1.44 bits per heavy atom. The summed E-state index contributed by atoms with van der Waals surface area (Å²) in [6.45, 7) is 1.13. The van der Waals surface area contributed by atoms with Crippen LogP contribution in [0.1, 0.15) is 59.0 Å². The molecule has 0 saturated carbocycles. The molecule has 0 unspecified atom stereocenters. The molecule has 0 radical (unpaired) electrons. The quantitative estimate of drug-likeness (QED) is 0.0703. The average Bonchev–Trinajstić information content (AvgIpc) is 4.29. The third-order valence-electron chi connectivity index (χ3n) is 12.7. The van der Waals surface area contributed by atoms with Crippen molar-refractivity contribution in [2.24, 2.45) is 11.8 Å². The van der Waals surface area contributed by atoms with E-state index in [-0.39, 0.29) is 87.1 Å². The van der Waals surface area contributed by atoms with Gasteiger partial charge >= 0.3 is 24.3 Å². The summed E-state index contributed by atoms with van der Waals surface area (Å²) in [6, 6.07) is 34.8. The fourth-order valence-corrected chi connectivity index (χ4v) is 9.07. The monoisotopic (exact) mass is 1060 g/mol. The molecule has 4 aromatic heterocycles. The van der Waals surface area contributed by atoms with Crippen LogP contribution >= 0.6 is 0 Å². The molecule has 2 aliphatic heterocycles. The number of carboxylic acid groups (broad SMARTS) is 1. The van der Waals surface area contributed by atoms with Gasteiger partial charge in [0.05, 0.1) is 20.0 Å². The van der Waals surface area contributed by atoms with E-state index < -0.39 is 35.7 Å². The van der Waals surface area contributed by atoms with Crippen molar-refractivity contribution in [1.29, 1.82) is 0 Å². The summed E-state index contributed by atoms with van der Waals surface area (Å²) in [5, 5.41) is 17.4. The Balaban J connectivity index is 0.000000188. The van der Waals surface area contributed by atoms with Gasteiger partial charge in [0.1, 0.15) is 22.9 Å². The van der Waals surface area contributed by atoms with Gasteiger partial charge in [-0.05, 0) is 59.4 Å². The van der Waals surface area contributed by atoms with Crippen LogP contribution in [0, 0.1) is 11.8 Å². The van der Waals surface area contributed by atoms with Crippen LogP contribution in [0.15, 0.2) is 143 Å². The number of ether oxygens (including phenoxy) is 3. The summed E-state index contributed by atoms with van der Waals surface area (Å²) >= 11 is 0.